The van der Waals surface area contributed by atoms with Crippen molar-refractivity contribution in [3.63, 3.8) is 0 Å². The fraction of sp³-hybridized carbons (Fsp3) is 0.809. The summed E-state index contributed by atoms with van der Waals surface area (Å²) in [5, 5.41) is 9.86. The molecule has 0 amide bonds. The van der Waals surface area contributed by atoms with Crippen LogP contribution in [0.25, 0.3) is 0 Å². The molecule has 466 valence electrons. The highest BCUT2D eigenvalue weighted by Crippen LogP contribution is 2.43. The molecule has 0 aliphatic rings. The number of phosphoric ester groups is 1. The van der Waals surface area contributed by atoms with Crippen LogP contribution in [0.15, 0.2) is 60.8 Å². The van der Waals surface area contributed by atoms with Crippen molar-refractivity contribution in [2.45, 2.75) is 328 Å². The molecule has 0 radical (unpaired) electrons. The van der Waals surface area contributed by atoms with E-state index in [0.29, 0.717) is 19.3 Å². The van der Waals surface area contributed by atoms with Gasteiger partial charge in [-0.25, -0.2) is 4.57 Å². The Hall–Kier alpha value is -2.82. The van der Waals surface area contributed by atoms with Crippen molar-refractivity contribution in [2.24, 2.45) is 0 Å². The third-order valence-electron chi connectivity index (χ3n) is 14.4. The van der Waals surface area contributed by atoms with Gasteiger partial charge >= 0.3 is 25.7 Å². The first-order valence-corrected chi connectivity index (χ1v) is 34.7. The maximum atomic E-state index is 13.0. The summed E-state index contributed by atoms with van der Waals surface area (Å²) in [6.45, 7) is 4.63. The molecule has 3 unspecified atom stereocenters. The van der Waals surface area contributed by atoms with Gasteiger partial charge in [0.05, 0.1) is 19.8 Å². The second-order valence-electron chi connectivity index (χ2n) is 22.3. The van der Waals surface area contributed by atoms with E-state index in [4.69, 9.17) is 23.3 Å². The molecule has 80 heavy (non-hydrogen) atoms. The van der Waals surface area contributed by atoms with Crippen molar-refractivity contribution in [3.8, 4) is 0 Å². The molecule has 0 aliphatic carbocycles. The molecule has 12 heteroatoms. The normalized spacial score (nSPS) is 13.6. The Bertz CT molecular complexity index is 1570. The Morgan fingerprint density at radius 3 is 0.963 bits per heavy atom. The number of aliphatic hydroxyl groups is 1. The molecule has 11 nitrogen and oxygen atoms in total. The predicted octanol–water partition coefficient (Wildman–Crippen LogP) is 20.3. The number of carbonyl (C=O) groups is 3. The number of carbonyl (C=O) groups excluding carboxylic acids is 3. The molecular weight excluding hydrogens is 1020 g/mol. The first-order chi connectivity index (χ1) is 39.2. The van der Waals surface area contributed by atoms with Crippen LogP contribution < -0.4 is 0 Å². The molecular formula is C68H123O11P. The summed E-state index contributed by atoms with van der Waals surface area (Å²) in [6, 6.07) is 0. The standard InChI is InChI=1S/C68H123O11P/c1-4-7-10-13-16-19-22-25-28-31-32-35-38-41-44-47-50-53-56-59-68(72)79-65(61-75-66(70)57-54-51-48-45-42-39-36-33-29-26-23-20-17-14-11-8-5-2)63-77-80(73,74)76-62-64(60-69)78-67(71)58-55-52-49-46-43-40-37-34-30-27-24-21-18-15-12-9-6-3/h17-18,20-21,25-30,64-65,69H,4-16,19,22-24,31-63H2,1-3H3,(H,73,74)/b20-17-,21-18-,28-25-,29-26-,30-27-. The maximum Gasteiger partial charge on any atom is 0.472 e. The van der Waals surface area contributed by atoms with Gasteiger partial charge in [0.2, 0.25) is 0 Å². The second-order valence-corrected chi connectivity index (χ2v) is 23.7. The van der Waals surface area contributed by atoms with Gasteiger partial charge in [0, 0.05) is 19.3 Å². The lowest BCUT2D eigenvalue weighted by Crippen LogP contribution is -2.30. The van der Waals surface area contributed by atoms with Crippen molar-refractivity contribution in [1.29, 1.82) is 0 Å². The largest absolute Gasteiger partial charge is 0.472 e. The predicted molar refractivity (Wildman–Crippen MR) is 335 cm³/mol. The third-order valence-corrected chi connectivity index (χ3v) is 15.3. The zero-order valence-corrected chi connectivity index (χ0v) is 52.7. The van der Waals surface area contributed by atoms with Crippen molar-refractivity contribution in [3.05, 3.63) is 60.8 Å². The van der Waals surface area contributed by atoms with Crippen LogP contribution in [0, 0.1) is 0 Å². The number of hydrogen-bond acceptors (Lipinski definition) is 10. The lowest BCUT2D eigenvalue weighted by Gasteiger charge is -2.21. The minimum atomic E-state index is -4.76. The smallest absolute Gasteiger partial charge is 0.462 e. The van der Waals surface area contributed by atoms with Crippen LogP contribution in [0.1, 0.15) is 316 Å². The Morgan fingerprint density at radius 1 is 0.350 bits per heavy atom. The first-order valence-electron chi connectivity index (χ1n) is 33.2. The zero-order valence-electron chi connectivity index (χ0n) is 51.8. The number of phosphoric acid groups is 1. The Labute approximate surface area is 491 Å². The van der Waals surface area contributed by atoms with E-state index < -0.39 is 57.8 Å². The number of esters is 3. The minimum Gasteiger partial charge on any atom is -0.462 e. The number of rotatable bonds is 62. The lowest BCUT2D eigenvalue weighted by molar-refractivity contribution is -0.161. The average Bonchev–Trinajstić information content (AvgIpc) is 3.45. The topological polar surface area (TPSA) is 155 Å². The molecule has 3 atom stereocenters. The van der Waals surface area contributed by atoms with Crippen molar-refractivity contribution in [1.82, 2.24) is 0 Å². The summed E-state index contributed by atoms with van der Waals surface area (Å²) in [7, 11) is -4.76. The van der Waals surface area contributed by atoms with E-state index in [1.807, 2.05) is 0 Å². The first kappa shape index (κ1) is 77.2. The summed E-state index contributed by atoms with van der Waals surface area (Å²) in [6.07, 6.45) is 70.2. The van der Waals surface area contributed by atoms with Crippen molar-refractivity contribution < 1.29 is 52.2 Å². The quantitative estimate of drug-likeness (QED) is 0.0197. The monoisotopic (exact) mass is 1150 g/mol. The summed E-state index contributed by atoms with van der Waals surface area (Å²) >= 11 is 0. The summed E-state index contributed by atoms with van der Waals surface area (Å²) in [5.41, 5.74) is 0. The number of unbranched alkanes of at least 4 members (excludes halogenated alkanes) is 35. The van der Waals surface area contributed by atoms with E-state index >= 15 is 0 Å². The molecule has 0 saturated carbocycles. The molecule has 2 N–H and O–H groups in total. The zero-order chi connectivity index (χ0) is 58.3. The number of hydrogen-bond donors (Lipinski definition) is 2. The van der Waals surface area contributed by atoms with Crippen LogP contribution in [-0.2, 0) is 42.2 Å². The van der Waals surface area contributed by atoms with Crippen LogP contribution in [0.4, 0.5) is 0 Å². The summed E-state index contributed by atoms with van der Waals surface area (Å²) < 4.78 is 39.7. The van der Waals surface area contributed by atoms with Gasteiger partial charge in [-0.3, -0.25) is 23.4 Å². The van der Waals surface area contributed by atoms with E-state index in [1.165, 1.54) is 167 Å². The van der Waals surface area contributed by atoms with Gasteiger partial charge in [0.15, 0.2) is 6.10 Å². The minimum absolute atomic E-state index is 0.164. The fourth-order valence-electron chi connectivity index (χ4n) is 9.30. The lowest BCUT2D eigenvalue weighted by atomic mass is 10.1. The molecule has 0 fully saturated rings. The van der Waals surface area contributed by atoms with Crippen molar-refractivity contribution >= 4 is 25.7 Å². The van der Waals surface area contributed by atoms with Gasteiger partial charge < -0.3 is 24.2 Å². The highest BCUT2D eigenvalue weighted by atomic mass is 31.2. The molecule has 0 heterocycles. The van der Waals surface area contributed by atoms with Crippen LogP contribution in [0.3, 0.4) is 0 Å². The molecule has 0 bridgehead atoms. The second kappa shape index (κ2) is 62.2. The fourth-order valence-corrected chi connectivity index (χ4v) is 10.1. The Balaban J connectivity index is 4.69. The number of allylic oxidation sites excluding steroid dienone is 10. The molecule has 0 spiro atoms. The van der Waals surface area contributed by atoms with Crippen LogP contribution in [-0.4, -0.2) is 66.5 Å². The molecule has 0 aromatic carbocycles. The highest BCUT2D eigenvalue weighted by Gasteiger charge is 2.28. The van der Waals surface area contributed by atoms with E-state index in [1.54, 1.807) is 0 Å². The molecule has 0 aliphatic heterocycles. The SMILES string of the molecule is CCCCC/C=C\C/C=C\CCCCCCCCCC(=O)OCC(COP(=O)(O)OCC(CO)OC(=O)CCCCCCCCC/C=C\C/C=C\CCCCC)OC(=O)CCCCCCCCCCC/C=C\CCCCCCCC. The molecule has 0 aromatic rings. The van der Waals surface area contributed by atoms with Gasteiger partial charge in [-0.1, -0.05) is 248 Å². The Kier molecular flexibility index (Phi) is 60.0. The van der Waals surface area contributed by atoms with Crippen LogP contribution >= 0.6 is 7.82 Å². The third kappa shape index (κ3) is 59.8. The average molecular weight is 1150 g/mol. The highest BCUT2D eigenvalue weighted by molar-refractivity contribution is 7.47. The van der Waals surface area contributed by atoms with Crippen LogP contribution in [0.5, 0.6) is 0 Å². The number of aliphatic hydroxyl groups excluding tert-OH is 1. The number of ether oxygens (including phenoxy) is 3. The molecule has 0 aromatic heterocycles. The van der Waals surface area contributed by atoms with E-state index in [0.717, 1.165) is 89.9 Å². The van der Waals surface area contributed by atoms with Crippen LogP contribution in [0.2, 0.25) is 0 Å². The van der Waals surface area contributed by atoms with E-state index in [9.17, 15) is 28.9 Å². The van der Waals surface area contributed by atoms with Gasteiger partial charge in [-0.05, 0) is 109 Å². The summed E-state index contributed by atoms with van der Waals surface area (Å²) in [4.78, 5) is 48.8. The van der Waals surface area contributed by atoms with Gasteiger partial charge in [-0.15, -0.1) is 0 Å². The van der Waals surface area contributed by atoms with E-state index in [-0.39, 0.29) is 25.9 Å². The van der Waals surface area contributed by atoms with E-state index in [2.05, 4.69) is 81.5 Å². The maximum absolute atomic E-state index is 13.0. The van der Waals surface area contributed by atoms with Crippen molar-refractivity contribution in [2.75, 3.05) is 26.4 Å². The summed E-state index contributed by atoms with van der Waals surface area (Å²) in [5.74, 6) is -1.47. The van der Waals surface area contributed by atoms with Gasteiger partial charge in [-0.2, -0.15) is 0 Å². The molecule has 0 rings (SSSR count). The van der Waals surface area contributed by atoms with Gasteiger partial charge in [0.25, 0.3) is 0 Å². The van der Waals surface area contributed by atoms with Gasteiger partial charge in [0.1, 0.15) is 12.7 Å². The molecule has 0 saturated heterocycles. The Morgan fingerprint density at radius 2 is 0.613 bits per heavy atom.